The van der Waals surface area contributed by atoms with E-state index >= 15 is 0 Å². The van der Waals surface area contributed by atoms with Crippen LogP contribution in [0.2, 0.25) is 5.02 Å². The number of hydrogen-bond acceptors (Lipinski definition) is 4. The van der Waals surface area contributed by atoms with Gasteiger partial charge >= 0.3 is 0 Å². The average molecular weight is 347 g/mol. The van der Waals surface area contributed by atoms with Crippen LogP contribution in [0.1, 0.15) is 11.1 Å². The second kappa shape index (κ2) is 6.56. The van der Waals surface area contributed by atoms with Gasteiger partial charge in [0.2, 0.25) is 0 Å². The van der Waals surface area contributed by atoms with Crippen molar-refractivity contribution in [2.75, 3.05) is 5.32 Å². The van der Waals surface area contributed by atoms with Crippen LogP contribution in [0.3, 0.4) is 0 Å². The third-order valence-corrected chi connectivity index (χ3v) is 4.64. The molecule has 3 rings (SSSR count). The molecule has 6 heteroatoms. The van der Waals surface area contributed by atoms with E-state index in [0.717, 1.165) is 16.8 Å². The van der Waals surface area contributed by atoms with Gasteiger partial charge in [-0.15, -0.1) is 0 Å². The normalized spacial score (nSPS) is 19.0. The van der Waals surface area contributed by atoms with Gasteiger partial charge in [-0.2, -0.15) is 0 Å². The van der Waals surface area contributed by atoms with Crippen molar-refractivity contribution in [1.82, 2.24) is 5.32 Å². The molecule has 1 aliphatic heterocycles. The highest BCUT2D eigenvalue weighted by atomic mass is 35.5. The Hall–Kier alpha value is -2.11. The van der Waals surface area contributed by atoms with Gasteiger partial charge in [-0.25, -0.2) is 0 Å². The molecule has 4 nitrogen and oxygen atoms in total. The second-order valence-electron chi connectivity index (χ2n) is 5.18. The minimum Gasteiger partial charge on any atom is -0.508 e. The molecule has 0 aromatic heterocycles. The largest absolute Gasteiger partial charge is 0.508 e. The first-order valence-corrected chi connectivity index (χ1v) is 8.28. The summed E-state index contributed by atoms with van der Waals surface area (Å²) in [6.07, 6.45) is 1.76. The number of aromatic hydroxyl groups is 1. The van der Waals surface area contributed by atoms with Crippen LogP contribution in [0.15, 0.2) is 47.4 Å². The molecule has 1 heterocycles. The van der Waals surface area contributed by atoms with Crippen molar-refractivity contribution in [2.24, 2.45) is 0 Å². The molecule has 1 atom stereocenters. The van der Waals surface area contributed by atoms with Gasteiger partial charge in [0.1, 0.15) is 5.75 Å². The van der Waals surface area contributed by atoms with Crippen LogP contribution in [0.4, 0.5) is 5.69 Å². The molecule has 118 valence electrons. The summed E-state index contributed by atoms with van der Waals surface area (Å²) in [5, 5.41) is 16.3. The molecule has 2 aromatic rings. The maximum absolute atomic E-state index is 12.1. The molecule has 1 fully saturated rings. The Balaban J connectivity index is 1.74. The van der Waals surface area contributed by atoms with Crippen molar-refractivity contribution in [3.63, 3.8) is 0 Å². The fourth-order valence-electron chi connectivity index (χ4n) is 2.26. The van der Waals surface area contributed by atoms with Gasteiger partial charge in [-0.1, -0.05) is 35.5 Å². The molecule has 23 heavy (non-hydrogen) atoms. The summed E-state index contributed by atoms with van der Waals surface area (Å²) in [6.45, 7) is 1.96. The van der Waals surface area contributed by atoms with Gasteiger partial charge in [0, 0.05) is 10.7 Å². The van der Waals surface area contributed by atoms with Crippen molar-refractivity contribution < 1.29 is 9.90 Å². The van der Waals surface area contributed by atoms with Crippen molar-refractivity contribution in [2.45, 2.75) is 12.4 Å². The van der Waals surface area contributed by atoms with E-state index < -0.39 is 0 Å². The maximum Gasteiger partial charge on any atom is 0.260 e. The molecule has 1 amide bonds. The van der Waals surface area contributed by atoms with Crippen molar-refractivity contribution in [3.8, 4) is 5.75 Å². The number of nitrogens with one attached hydrogen (secondary N) is 2. The minimum atomic E-state index is -0.245. The van der Waals surface area contributed by atoms with Crippen LogP contribution in [-0.2, 0) is 4.79 Å². The molecule has 0 saturated carbocycles. The third kappa shape index (κ3) is 3.81. The number of phenolic OH excluding ortho intramolecular Hbond substituents is 1. The zero-order chi connectivity index (χ0) is 16.4. The number of rotatable bonds is 3. The van der Waals surface area contributed by atoms with Gasteiger partial charge in [-0.05, 0) is 54.5 Å². The first-order valence-electron chi connectivity index (χ1n) is 7.02. The number of aryl methyl sites for hydroxylation is 1. The van der Waals surface area contributed by atoms with Gasteiger partial charge < -0.3 is 15.7 Å². The van der Waals surface area contributed by atoms with E-state index in [9.17, 15) is 9.90 Å². The summed E-state index contributed by atoms with van der Waals surface area (Å²) in [5.74, 6) is 0.0386. The lowest BCUT2D eigenvalue weighted by Crippen LogP contribution is -2.31. The van der Waals surface area contributed by atoms with E-state index in [-0.39, 0.29) is 17.2 Å². The predicted octanol–water partition coefficient (Wildman–Crippen LogP) is 3.95. The fraction of sp³-hybridized carbons (Fsp3) is 0.118. The Morgan fingerprint density at radius 2 is 2.13 bits per heavy atom. The Morgan fingerprint density at radius 3 is 2.87 bits per heavy atom. The van der Waals surface area contributed by atoms with Gasteiger partial charge in [0.05, 0.1) is 4.91 Å². The number of carbonyl (C=O) groups is 1. The molecule has 1 saturated heterocycles. The summed E-state index contributed by atoms with van der Waals surface area (Å²) >= 11 is 7.35. The molecular formula is C17H15ClN2O2S. The van der Waals surface area contributed by atoms with Gasteiger partial charge in [0.25, 0.3) is 5.91 Å². The van der Waals surface area contributed by atoms with Crippen LogP contribution in [0, 0.1) is 6.92 Å². The molecule has 1 unspecified atom stereocenters. The molecule has 0 spiro atoms. The van der Waals surface area contributed by atoms with Crippen LogP contribution >= 0.6 is 23.4 Å². The summed E-state index contributed by atoms with van der Waals surface area (Å²) in [6, 6.07) is 12.4. The number of hydrogen-bond donors (Lipinski definition) is 3. The lowest BCUT2D eigenvalue weighted by atomic mass is 10.2. The Kier molecular flexibility index (Phi) is 4.50. The van der Waals surface area contributed by atoms with E-state index in [1.165, 1.54) is 11.8 Å². The second-order valence-corrected chi connectivity index (χ2v) is 6.76. The lowest BCUT2D eigenvalue weighted by molar-refractivity contribution is -0.116. The highest BCUT2D eigenvalue weighted by molar-refractivity contribution is 8.05. The number of carbonyl (C=O) groups excluding carboxylic acids is 1. The number of phenols is 1. The van der Waals surface area contributed by atoms with E-state index in [4.69, 9.17) is 11.6 Å². The maximum atomic E-state index is 12.1. The highest BCUT2D eigenvalue weighted by Gasteiger charge is 2.27. The van der Waals surface area contributed by atoms with Crippen LogP contribution in [0.25, 0.3) is 6.08 Å². The summed E-state index contributed by atoms with van der Waals surface area (Å²) < 4.78 is 0. The zero-order valence-electron chi connectivity index (χ0n) is 12.3. The first-order chi connectivity index (χ1) is 11.0. The third-order valence-electron chi connectivity index (χ3n) is 3.37. The summed E-state index contributed by atoms with van der Waals surface area (Å²) in [7, 11) is 0. The number of halogens is 1. The van der Waals surface area contributed by atoms with E-state index in [1.807, 2.05) is 31.2 Å². The summed E-state index contributed by atoms with van der Waals surface area (Å²) in [5.41, 5.74) is 2.47. The van der Waals surface area contributed by atoms with Crippen molar-refractivity contribution in [1.29, 1.82) is 0 Å². The quantitative estimate of drug-likeness (QED) is 0.736. The zero-order valence-corrected chi connectivity index (χ0v) is 13.9. The van der Waals surface area contributed by atoms with Crippen molar-refractivity contribution in [3.05, 3.63) is 63.5 Å². The van der Waals surface area contributed by atoms with E-state index in [2.05, 4.69) is 10.6 Å². The topological polar surface area (TPSA) is 61.4 Å². The average Bonchev–Trinajstić information content (AvgIpc) is 2.82. The SMILES string of the molecule is Cc1cc(Cl)ccc1NC1NC(=O)/C(=C/c2cccc(O)c2)S1. The standard InChI is InChI=1S/C17H15ClN2O2S/c1-10-7-12(18)5-6-14(10)19-17-20-16(22)15(23-17)9-11-3-2-4-13(21)8-11/h2-9,17,19,21H,1H3,(H,20,22)/b15-9-. The molecule has 1 aliphatic rings. The summed E-state index contributed by atoms with van der Waals surface area (Å²) in [4.78, 5) is 12.7. The first kappa shape index (κ1) is 15.8. The molecule has 3 N–H and O–H groups in total. The number of benzene rings is 2. The number of amides is 1. The smallest absolute Gasteiger partial charge is 0.260 e. The van der Waals surface area contributed by atoms with Crippen molar-refractivity contribution >= 4 is 41.0 Å². The predicted molar refractivity (Wildman–Crippen MR) is 95.4 cm³/mol. The van der Waals surface area contributed by atoms with Crippen LogP contribution < -0.4 is 10.6 Å². The minimum absolute atomic E-state index is 0.137. The molecule has 0 radical (unpaired) electrons. The van der Waals surface area contributed by atoms with Crippen LogP contribution in [-0.4, -0.2) is 16.5 Å². The molecule has 0 bridgehead atoms. The fourth-order valence-corrected chi connectivity index (χ4v) is 3.46. The van der Waals surface area contributed by atoms with Gasteiger partial charge in [-0.3, -0.25) is 4.79 Å². The van der Waals surface area contributed by atoms with Crippen LogP contribution in [0.5, 0.6) is 5.75 Å². The number of thioether (sulfide) groups is 1. The molecule has 0 aliphatic carbocycles. The monoisotopic (exact) mass is 346 g/mol. The number of anilines is 1. The Labute approximate surface area is 143 Å². The lowest BCUT2D eigenvalue weighted by Gasteiger charge is -2.15. The Morgan fingerprint density at radius 1 is 1.30 bits per heavy atom. The highest BCUT2D eigenvalue weighted by Crippen LogP contribution is 2.31. The van der Waals surface area contributed by atoms with E-state index in [0.29, 0.717) is 9.93 Å². The molecular weight excluding hydrogens is 332 g/mol. The molecule has 2 aromatic carbocycles. The van der Waals surface area contributed by atoms with E-state index in [1.54, 1.807) is 24.3 Å². The Bertz CT molecular complexity index is 792. The van der Waals surface area contributed by atoms with Gasteiger partial charge in [0.15, 0.2) is 5.50 Å².